The quantitative estimate of drug-likeness (QED) is 0.853. The van der Waals surface area contributed by atoms with Crippen LogP contribution in [0, 0.1) is 6.92 Å². The largest absolute Gasteiger partial charge is 0.506 e. The average molecular weight is 255 g/mol. The number of phenolic OH excluding ortho intramolecular Hbond substituents is 1. The molecule has 0 fully saturated rings. The Morgan fingerprint density at radius 1 is 1.29 bits per heavy atom. The van der Waals surface area contributed by atoms with Gasteiger partial charge < -0.3 is 10.2 Å². The molecule has 0 heterocycles. The minimum atomic E-state index is -0.949. The number of halogens is 1. The molecule has 17 heavy (non-hydrogen) atoms. The van der Waals surface area contributed by atoms with Crippen LogP contribution in [-0.4, -0.2) is 16.2 Å². The molecule has 92 valence electrons. The van der Waals surface area contributed by atoms with E-state index in [-0.39, 0.29) is 12.2 Å². The van der Waals surface area contributed by atoms with Gasteiger partial charge in [-0.1, -0.05) is 11.6 Å². The van der Waals surface area contributed by atoms with Gasteiger partial charge in [-0.15, -0.1) is 0 Å². The monoisotopic (exact) mass is 254 g/mol. The molecule has 1 aliphatic carbocycles. The van der Waals surface area contributed by atoms with Gasteiger partial charge in [0.25, 0.3) is 0 Å². The van der Waals surface area contributed by atoms with Gasteiger partial charge >= 0.3 is 5.97 Å². The molecule has 1 aromatic rings. The summed E-state index contributed by atoms with van der Waals surface area (Å²) in [5.74, 6) is -0.998. The van der Waals surface area contributed by atoms with E-state index in [0.717, 1.165) is 42.4 Å². The fraction of sp³-hybridized carbons (Fsp3) is 0.462. The Bertz CT molecular complexity index is 480. The van der Waals surface area contributed by atoms with Crippen molar-refractivity contribution in [1.82, 2.24) is 0 Å². The molecule has 2 rings (SSSR count). The molecule has 0 unspecified atom stereocenters. The first-order valence-electron chi connectivity index (χ1n) is 5.75. The normalized spacial score (nSPS) is 14.5. The number of phenols is 1. The van der Waals surface area contributed by atoms with E-state index >= 15 is 0 Å². The molecule has 0 bridgehead atoms. The molecule has 0 atom stereocenters. The second-order valence-electron chi connectivity index (χ2n) is 4.50. The van der Waals surface area contributed by atoms with Gasteiger partial charge in [-0.25, -0.2) is 0 Å². The van der Waals surface area contributed by atoms with Crippen molar-refractivity contribution in [1.29, 1.82) is 0 Å². The third-order valence-corrected chi connectivity index (χ3v) is 3.87. The van der Waals surface area contributed by atoms with Gasteiger partial charge in [0.2, 0.25) is 0 Å². The van der Waals surface area contributed by atoms with E-state index in [1.165, 1.54) is 0 Å². The predicted octanol–water partition coefficient (Wildman–Crippen LogP) is 2.86. The average Bonchev–Trinajstić information content (AvgIpc) is 2.31. The number of aromatic hydroxyl groups is 1. The maximum atomic E-state index is 10.8. The number of carboxylic acid groups (broad SMARTS) is 1. The fourth-order valence-corrected chi connectivity index (χ4v) is 2.89. The number of aliphatic carboxylic acids is 1. The van der Waals surface area contributed by atoms with Gasteiger partial charge in [0.15, 0.2) is 0 Å². The molecule has 0 aliphatic heterocycles. The van der Waals surface area contributed by atoms with Crippen molar-refractivity contribution in [2.24, 2.45) is 0 Å². The molecule has 0 spiro atoms. The molecule has 0 radical (unpaired) electrons. The van der Waals surface area contributed by atoms with E-state index in [1.807, 2.05) is 6.92 Å². The molecule has 1 aliphatic rings. The summed E-state index contributed by atoms with van der Waals surface area (Å²) in [6.07, 6.45) is 3.79. The van der Waals surface area contributed by atoms with Crippen molar-refractivity contribution >= 4 is 17.6 Å². The van der Waals surface area contributed by atoms with Crippen molar-refractivity contribution in [2.45, 2.75) is 39.0 Å². The standard InChI is InChI=1S/C13H15ClO3/c1-7-8-4-2-3-5-9(8)12(14)13(17)10(7)6-11(15)16/h17H,2-6H2,1H3,(H,15,16). The molecule has 1 aromatic carbocycles. The molecule has 0 aromatic heterocycles. The van der Waals surface area contributed by atoms with Crippen molar-refractivity contribution in [3.63, 3.8) is 0 Å². The highest BCUT2D eigenvalue weighted by Gasteiger charge is 2.23. The lowest BCUT2D eigenvalue weighted by Crippen LogP contribution is -2.11. The Morgan fingerprint density at radius 3 is 2.47 bits per heavy atom. The van der Waals surface area contributed by atoms with Gasteiger partial charge in [-0.05, 0) is 49.3 Å². The molecular weight excluding hydrogens is 240 g/mol. The lowest BCUT2D eigenvalue weighted by Gasteiger charge is -2.23. The van der Waals surface area contributed by atoms with E-state index in [0.29, 0.717) is 10.6 Å². The van der Waals surface area contributed by atoms with Gasteiger partial charge in [-0.2, -0.15) is 0 Å². The highest BCUT2D eigenvalue weighted by atomic mass is 35.5. The zero-order chi connectivity index (χ0) is 12.6. The second-order valence-corrected chi connectivity index (χ2v) is 4.88. The first-order chi connectivity index (χ1) is 8.02. The summed E-state index contributed by atoms with van der Waals surface area (Å²) in [7, 11) is 0. The fourth-order valence-electron chi connectivity index (χ4n) is 2.56. The minimum Gasteiger partial charge on any atom is -0.506 e. The van der Waals surface area contributed by atoms with Crippen LogP contribution in [0.1, 0.15) is 35.1 Å². The number of hydrogen-bond donors (Lipinski definition) is 2. The summed E-state index contributed by atoms with van der Waals surface area (Å²) in [6, 6.07) is 0. The first kappa shape index (κ1) is 12.2. The third kappa shape index (κ3) is 2.12. The SMILES string of the molecule is Cc1c(CC(=O)O)c(O)c(Cl)c2c1CCCC2. The lowest BCUT2D eigenvalue weighted by atomic mass is 9.85. The van der Waals surface area contributed by atoms with Crippen molar-refractivity contribution in [3.8, 4) is 5.75 Å². The summed E-state index contributed by atoms with van der Waals surface area (Å²) in [4.78, 5) is 10.8. The Morgan fingerprint density at radius 2 is 1.88 bits per heavy atom. The Hall–Kier alpha value is -1.22. The summed E-state index contributed by atoms with van der Waals surface area (Å²) >= 11 is 6.13. The van der Waals surface area contributed by atoms with Crippen molar-refractivity contribution in [3.05, 3.63) is 27.3 Å². The molecule has 3 nitrogen and oxygen atoms in total. The van der Waals surface area contributed by atoms with Crippen LogP contribution in [0.4, 0.5) is 0 Å². The van der Waals surface area contributed by atoms with Crippen LogP contribution in [0.3, 0.4) is 0 Å². The van der Waals surface area contributed by atoms with Crippen LogP contribution in [0.2, 0.25) is 5.02 Å². The third-order valence-electron chi connectivity index (χ3n) is 3.46. The Kier molecular flexibility index (Phi) is 3.29. The number of carbonyl (C=O) groups is 1. The number of rotatable bonds is 2. The summed E-state index contributed by atoms with van der Waals surface area (Å²) in [6.45, 7) is 1.87. The van der Waals surface area contributed by atoms with Crippen LogP contribution >= 0.6 is 11.6 Å². The zero-order valence-corrected chi connectivity index (χ0v) is 10.5. The molecular formula is C13H15ClO3. The highest BCUT2D eigenvalue weighted by molar-refractivity contribution is 6.33. The topological polar surface area (TPSA) is 57.5 Å². The van der Waals surface area contributed by atoms with Crippen LogP contribution in [-0.2, 0) is 24.1 Å². The lowest BCUT2D eigenvalue weighted by molar-refractivity contribution is -0.136. The first-order valence-corrected chi connectivity index (χ1v) is 6.13. The molecule has 0 amide bonds. The number of hydrogen-bond acceptors (Lipinski definition) is 2. The summed E-state index contributed by atoms with van der Waals surface area (Å²) in [5.41, 5.74) is 3.49. The van der Waals surface area contributed by atoms with E-state index in [2.05, 4.69) is 0 Å². The van der Waals surface area contributed by atoms with E-state index < -0.39 is 5.97 Å². The summed E-state index contributed by atoms with van der Waals surface area (Å²) < 4.78 is 0. The van der Waals surface area contributed by atoms with E-state index in [1.54, 1.807) is 0 Å². The zero-order valence-electron chi connectivity index (χ0n) is 9.72. The van der Waals surface area contributed by atoms with Crippen LogP contribution in [0.25, 0.3) is 0 Å². The Balaban J connectivity index is 2.61. The van der Waals surface area contributed by atoms with Crippen molar-refractivity contribution in [2.75, 3.05) is 0 Å². The van der Waals surface area contributed by atoms with Gasteiger partial charge in [0, 0.05) is 5.56 Å². The van der Waals surface area contributed by atoms with Crippen LogP contribution in [0.15, 0.2) is 0 Å². The minimum absolute atomic E-state index is 0.0489. The van der Waals surface area contributed by atoms with Gasteiger partial charge in [0.1, 0.15) is 5.75 Å². The smallest absolute Gasteiger partial charge is 0.307 e. The van der Waals surface area contributed by atoms with Gasteiger partial charge in [0.05, 0.1) is 11.4 Å². The number of benzene rings is 1. The number of carboxylic acids is 1. The van der Waals surface area contributed by atoms with E-state index in [9.17, 15) is 9.90 Å². The maximum absolute atomic E-state index is 10.8. The highest BCUT2D eigenvalue weighted by Crippen LogP contribution is 2.40. The van der Waals surface area contributed by atoms with Crippen LogP contribution in [0.5, 0.6) is 5.75 Å². The maximum Gasteiger partial charge on any atom is 0.307 e. The van der Waals surface area contributed by atoms with Gasteiger partial charge in [-0.3, -0.25) is 4.79 Å². The van der Waals surface area contributed by atoms with Crippen LogP contribution < -0.4 is 0 Å². The van der Waals surface area contributed by atoms with Crippen molar-refractivity contribution < 1.29 is 15.0 Å². The molecule has 2 N–H and O–H groups in total. The van der Waals surface area contributed by atoms with E-state index in [4.69, 9.17) is 16.7 Å². The molecule has 0 saturated carbocycles. The Labute approximate surface area is 105 Å². The summed E-state index contributed by atoms with van der Waals surface area (Å²) in [5, 5.41) is 19.2. The predicted molar refractivity (Wildman–Crippen MR) is 65.8 cm³/mol. The number of fused-ring (bicyclic) bond motifs is 1. The molecule has 4 heteroatoms. The second kappa shape index (κ2) is 4.57. The molecule has 0 saturated heterocycles.